The molecule has 1 fully saturated rings. The van der Waals surface area contributed by atoms with E-state index in [1.807, 2.05) is 66.7 Å². The number of hydrogen-bond donors (Lipinski definition) is 4. The third kappa shape index (κ3) is 8.98. The van der Waals surface area contributed by atoms with Crippen LogP contribution in [-0.2, 0) is 20.7 Å². The Balaban J connectivity index is 1.53. The van der Waals surface area contributed by atoms with Gasteiger partial charge in [0, 0.05) is 17.3 Å². The number of anilines is 2. The van der Waals surface area contributed by atoms with E-state index in [4.69, 9.17) is 15.2 Å². The molecule has 5 rings (SSSR count). The number of amides is 3. The van der Waals surface area contributed by atoms with Crippen LogP contribution in [-0.4, -0.2) is 38.9 Å². The molecule has 3 amide bonds. The highest BCUT2D eigenvalue weighted by atomic mass is 16.5. The summed E-state index contributed by atoms with van der Waals surface area (Å²) < 4.78 is 9.45. The van der Waals surface area contributed by atoms with Crippen LogP contribution in [0.3, 0.4) is 0 Å². The number of nitrogens with one attached hydrogen (secondary N) is 3. The van der Waals surface area contributed by atoms with Crippen LogP contribution >= 0.6 is 0 Å². The van der Waals surface area contributed by atoms with E-state index >= 15 is 0 Å². The molecule has 0 spiro atoms. The second kappa shape index (κ2) is 15.9. The number of nitrogens with two attached hydrogens (primary N) is 1. The molecular weight excluding hydrogens is 592 g/mol. The van der Waals surface area contributed by atoms with E-state index < -0.39 is 12.2 Å². The van der Waals surface area contributed by atoms with Crippen LogP contribution in [0.2, 0.25) is 0 Å². The average molecular weight is 635 g/mol. The molecule has 9 nitrogen and oxygen atoms in total. The molecule has 0 aromatic heterocycles. The van der Waals surface area contributed by atoms with Gasteiger partial charge in [-0.3, -0.25) is 15.4 Å². The SMILES string of the molecule is COC(=O)Nc1ccc(-c2cc(-c3ccc(NC(=O)OC)cc3)cc(C(Cc3ccccc3)NC(=O)C3CCC(CN)CC3)c2)cc1. The van der Waals surface area contributed by atoms with Crippen molar-refractivity contribution < 1.29 is 23.9 Å². The fourth-order valence-electron chi connectivity index (χ4n) is 6.07. The highest BCUT2D eigenvalue weighted by Crippen LogP contribution is 2.34. The first kappa shape index (κ1) is 33.2. The van der Waals surface area contributed by atoms with Gasteiger partial charge < -0.3 is 20.5 Å². The zero-order chi connectivity index (χ0) is 33.2. The summed E-state index contributed by atoms with van der Waals surface area (Å²) in [5, 5.41) is 8.81. The molecule has 4 aromatic carbocycles. The zero-order valence-corrected chi connectivity index (χ0v) is 26.8. The number of ether oxygens (including phenoxy) is 2. The van der Waals surface area contributed by atoms with E-state index in [9.17, 15) is 14.4 Å². The molecule has 1 saturated carbocycles. The summed E-state index contributed by atoms with van der Waals surface area (Å²) in [7, 11) is 2.65. The summed E-state index contributed by atoms with van der Waals surface area (Å²) in [6.45, 7) is 0.667. The van der Waals surface area contributed by atoms with Gasteiger partial charge in [0.25, 0.3) is 0 Å². The minimum atomic E-state index is -0.539. The molecule has 0 heterocycles. The Bertz CT molecular complexity index is 1570. The van der Waals surface area contributed by atoms with E-state index in [2.05, 4.69) is 46.3 Å². The largest absolute Gasteiger partial charge is 0.453 e. The predicted molar refractivity (Wildman–Crippen MR) is 185 cm³/mol. The van der Waals surface area contributed by atoms with Crippen molar-refractivity contribution in [3.05, 3.63) is 108 Å². The van der Waals surface area contributed by atoms with Crippen molar-refractivity contribution in [3.8, 4) is 22.3 Å². The summed E-state index contributed by atoms with van der Waals surface area (Å²) in [6.07, 6.45) is 3.17. The van der Waals surface area contributed by atoms with Crippen LogP contribution in [0.25, 0.3) is 22.3 Å². The third-order valence-electron chi connectivity index (χ3n) is 8.81. The number of carbonyl (C=O) groups is 3. The van der Waals surface area contributed by atoms with Crippen LogP contribution in [0.5, 0.6) is 0 Å². The van der Waals surface area contributed by atoms with Gasteiger partial charge in [0.1, 0.15) is 0 Å². The Hall–Kier alpha value is -5.15. The van der Waals surface area contributed by atoms with E-state index in [-0.39, 0.29) is 17.9 Å². The van der Waals surface area contributed by atoms with Gasteiger partial charge in [-0.1, -0.05) is 54.6 Å². The Kier molecular flexibility index (Phi) is 11.2. The van der Waals surface area contributed by atoms with Crippen LogP contribution < -0.4 is 21.7 Å². The van der Waals surface area contributed by atoms with Gasteiger partial charge in [-0.25, -0.2) is 9.59 Å². The molecule has 244 valence electrons. The van der Waals surface area contributed by atoms with Gasteiger partial charge in [0.2, 0.25) is 5.91 Å². The molecule has 0 saturated heterocycles. The Labute approximate surface area is 275 Å². The smallest absolute Gasteiger partial charge is 0.411 e. The molecule has 1 atom stereocenters. The van der Waals surface area contributed by atoms with Crippen LogP contribution in [0, 0.1) is 11.8 Å². The summed E-state index contributed by atoms with van der Waals surface area (Å²) in [4.78, 5) is 37.2. The topological polar surface area (TPSA) is 132 Å². The van der Waals surface area contributed by atoms with Crippen molar-refractivity contribution in [2.75, 3.05) is 31.4 Å². The molecular formula is C38H42N4O5. The van der Waals surface area contributed by atoms with Crippen molar-refractivity contribution in [1.82, 2.24) is 5.32 Å². The Morgan fingerprint density at radius 2 is 1.21 bits per heavy atom. The minimum absolute atomic E-state index is 0.0385. The Morgan fingerprint density at radius 3 is 1.68 bits per heavy atom. The first-order valence-electron chi connectivity index (χ1n) is 15.9. The number of benzene rings is 4. The van der Waals surface area contributed by atoms with Crippen molar-refractivity contribution in [2.24, 2.45) is 17.6 Å². The lowest BCUT2D eigenvalue weighted by Crippen LogP contribution is -2.37. The number of carbonyl (C=O) groups excluding carboxylic acids is 3. The fourth-order valence-corrected chi connectivity index (χ4v) is 6.07. The predicted octanol–water partition coefficient (Wildman–Crippen LogP) is 7.54. The van der Waals surface area contributed by atoms with E-state index in [1.165, 1.54) is 14.2 Å². The van der Waals surface area contributed by atoms with E-state index in [0.717, 1.165) is 59.1 Å². The van der Waals surface area contributed by atoms with E-state index in [0.29, 0.717) is 30.3 Å². The quantitative estimate of drug-likeness (QED) is 0.143. The minimum Gasteiger partial charge on any atom is -0.453 e. The highest BCUT2D eigenvalue weighted by Gasteiger charge is 2.28. The molecule has 0 radical (unpaired) electrons. The van der Waals surface area contributed by atoms with Gasteiger partial charge in [-0.05, 0) is 120 Å². The monoisotopic (exact) mass is 634 g/mol. The summed E-state index contributed by atoms with van der Waals surface area (Å²) in [5.74, 6) is 0.523. The van der Waals surface area contributed by atoms with Gasteiger partial charge in [0.15, 0.2) is 0 Å². The standard InChI is InChI=1S/C38H42N4O5/c1-46-37(44)40-33-16-12-27(13-17-33)30-21-31(28-14-18-34(19-15-28)41-38(45)47-2)23-32(22-30)35(20-25-6-4-3-5-7-25)42-36(43)29-10-8-26(24-39)9-11-29/h3-7,12-19,21-23,26,29,35H,8-11,20,24,39H2,1-2H3,(H,40,44)(H,41,45)(H,42,43). The lowest BCUT2D eigenvalue weighted by molar-refractivity contribution is -0.127. The lowest BCUT2D eigenvalue weighted by atomic mass is 9.81. The molecule has 9 heteroatoms. The summed E-state index contributed by atoms with van der Waals surface area (Å²) in [6, 6.07) is 31.3. The second-order valence-corrected chi connectivity index (χ2v) is 11.9. The molecule has 47 heavy (non-hydrogen) atoms. The Morgan fingerprint density at radius 1 is 0.702 bits per heavy atom. The van der Waals surface area contributed by atoms with Crippen LogP contribution in [0.4, 0.5) is 21.0 Å². The van der Waals surface area contributed by atoms with Crippen molar-refractivity contribution >= 4 is 29.5 Å². The van der Waals surface area contributed by atoms with Crippen molar-refractivity contribution in [2.45, 2.75) is 38.1 Å². The molecule has 5 N–H and O–H groups in total. The zero-order valence-electron chi connectivity index (χ0n) is 26.8. The third-order valence-corrected chi connectivity index (χ3v) is 8.81. The average Bonchev–Trinajstić information content (AvgIpc) is 3.12. The van der Waals surface area contributed by atoms with Crippen molar-refractivity contribution in [3.63, 3.8) is 0 Å². The normalized spacial score (nSPS) is 16.4. The summed E-state index contributed by atoms with van der Waals surface area (Å²) >= 11 is 0. The molecule has 1 aliphatic rings. The van der Waals surface area contributed by atoms with Crippen molar-refractivity contribution in [1.29, 1.82) is 0 Å². The maximum atomic E-state index is 13.7. The number of rotatable bonds is 10. The summed E-state index contributed by atoms with van der Waals surface area (Å²) in [5.41, 5.74) is 13.0. The fraction of sp³-hybridized carbons (Fsp3) is 0.289. The van der Waals surface area contributed by atoms with E-state index in [1.54, 1.807) is 0 Å². The second-order valence-electron chi connectivity index (χ2n) is 11.9. The maximum absolute atomic E-state index is 13.7. The maximum Gasteiger partial charge on any atom is 0.411 e. The first-order chi connectivity index (χ1) is 22.8. The first-order valence-corrected chi connectivity index (χ1v) is 15.9. The van der Waals surface area contributed by atoms with Gasteiger partial charge in [-0.2, -0.15) is 0 Å². The molecule has 4 aromatic rings. The number of methoxy groups -OCH3 is 2. The lowest BCUT2D eigenvalue weighted by Gasteiger charge is -2.29. The molecule has 0 bridgehead atoms. The molecule has 1 unspecified atom stereocenters. The van der Waals surface area contributed by atoms with Crippen LogP contribution in [0.1, 0.15) is 42.9 Å². The van der Waals surface area contributed by atoms with Crippen LogP contribution in [0.15, 0.2) is 97.1 Å². The number of hydrogen-bond acceptors (Lipinski definition) is 6. The molecule has 0 aliphatic heterocycles. The molecule has 1 aliphatic carbocycles. The van der Waals surface area contributed by atoms with Gasteiger partial charge >= 0.3 is 12.2 Å². The van der Waals surface area contributed by atoms with Gasteiger partial charge in [0.05, 0.1) is 20.3 Å². The highest BCUT2D eigenvalue weighted by molar-refractivity contribution is 5.86. The van der Waals surface area contributed by atoms with Gasteiger partial charge in [-0.15, -0.1) is 0 Å².